The summed E-state index contributed by atoms with van der Waals surface area (Å²) in [5, 5.41) is 0. The Morgan fingerprint density at radius 3 is 2.71 bits per heavy atom. The standard InChI is InChI=1S/C15H21NO/c1-3-10-16-11-4-5-14(12-16)13-6-8-15(17-2)9-7-13/h4-9,14H,3,10-12H2,1-2H3. The zero-order valence-electron chi connectivity index (χ0n) is 10.7. The number of nitrogens with zero attached hydrogens (tertiary/aromatic N) is 1. The molecule has 2 nitrogen and oxygen atoms in total. The second-order valence-corrected chi connectivity index (χ2v) is 4.57. The number of hydrogen-bond acceptors (Lipinski definition) is 2. The summed E-state index contributed by atoms with van der Waals surface area (Å²) in [6.07, 6.45) is 5.84. The third-order valence-electron chi connectivity index (χ3n) is 3.27. The van der Waals surface area contributed by atoms with Gasteiger partial charge < -0.3 is 4.74 Å². The molecule has 2 heteroatoms. The molecule has 0 spiro atoms. The predicted molar refractivity (Wildman–Crippen MR) is 71.6 cm³/mol. The van der Waals surface area contributed by atoms with Crippen molar-refractivity contribution >= 4 is 0 Å². The zero-order chi connectivity index (χ0) is 12.1. The Morgan fingerprint density at radius 2 is 2.06 bits per heavy atom. The average molecular weight is 231 g/mol. The second-order valence-electron chi connectivity index (χ2n) is 4.57. The van der Waals surface area contributed by atoms with Crippen molar-refractivity contribution in [3.05, 3.63) is 42.0 Å². The normalized spacial score (nSPS) is 20.5. The minimum absolute atomic E-state index is 0.529. The summed E-state index contributed by atoms with van der Waals surface area (Å²) in [7, 11) is 1.71. The lowest BCUT2D eigenvalue weighted by atomic mass is 9.95. The molecule has 1 aromatic rings. The van der Waals surface area contributed by atoms with E-state index >= 15 is 0 Å². The summed E-state index contributed by atoms with van der Waals surface area (Å²) < 4.78 is 5.19. The molecule has 1 aromatic carbocycles. The predicted octanol–water partition coefficient (Wildman–Crippen LogP) is 3.06. The minimum atomic E-state index is 0.529. The van der Waals surface area contributed by atoms with E-state index in [4.69, 9.17) is 4.74 Å². The Balaban J connectivity index is 2.05. The van der Waals surface area contributed by atoms with E-state index in [1.807, 2.05) is 12.1 Å². The van der Waals surface area contributed by atoms with Gasteiger partial charge in [-0.25, -0.2) is 0 Å². The van der Waals surface area contributed by atoms with E-state index in [0.717, 1.165) is 18.8 Å². The maximum absolute atomic E-state index is 5.19. The molecule has 2 rings (SSSR count). The van der Waals surface area contributed by atoms with Gasteiger partial charge in [0.25, 0.3) is 0 Å². The third kappa shape index (κ3) is 3.10. The molecule has 0 radical (unpaired) electrons. The summed E-state index contributed by atoms with van der Waals surface area (Å²) in [5.74, 6) is 1.46. The molecule has 0 N–H and O–H groups in total. The van der Waals surface area contributed by atoms with Gasteiger partial charge in [-0.15, -0.1) is 0 Å². The summed E-state index contributed by atoms with van der Waals surface area (Å²) in [6.45, 7) is 5.66. The molecular weight excluding hydrogens is 210 g/mol. The molecule has 92 valence electrons. The number of benzene rings is 1. The van der Waals surface area contributed by atoms with Crippen LogP contribution in [0, 0.1) is 0 Å². The first-order valence-corrected chi connectivity index (χ1v) is 6.36. The average Bonchev–Trinajstić information content (AvgIpc) is 2.40. The topological polar surface area (TPSA) is 12.5 Å². The van der Waals surface area contributed by atoms with Gasteiger partial charge in [-0.1, -0.05) is 31.2 Å². The molecule has 1 atom stereocenters. The second kappa shape index (κ2) is 5.87. The number of rotatable bonds is 4. The van der Waals surface area contributed by atoms with Crippen LogP contribution in [-0.2, 0) is 0 Å². The van der Waals surface area contributed by atoms with Crippen molar-refractivity contribution in [3.8, 4) is 5.75 Å². The summed E-state index contributed by atoms with van der Waals surface area (Å²) in [4.78, 5) is 2.51. The van der Waals surface area contributed by atoms with Crippen molar-refractivity contribution < 1.29 is 4.74 Å². The monoisotopic (exact) mass is 231 g/mol. The lowest BCUT2D eigenvalue weighted by molar-refractivity contribution is 0.284. The fourth-order valence-corrected chi connectivity index (χ4v) is 2.35. The van der Waals surface area contributed by atoms with Crippen molar-refractivity contribution in [1.82, 2.24) is 4.90 Å². The molecule has 1 heterocycles. The van der Waals surface area contributed by atoms with E-state index < -0.39 is 0 Å². The van der Waals surface area contributed by atoms with Crippen LogP contribution in [0.5, 0.6) is 5.75 Å². The first kappa shape index (κ1) is 12.2. The third-order valence-corrected chi connectivity index (χ3v) is 3.27. The quantitative estimate of drug-likeness (QED) is 0.738. The van der Waals surface area contributed by atoms with Crippen LogP contribution in [0.15, 0.2) is 36.4 Å². The van der Waals surface area contributed by atoms with Crippen molar-refractivity contribution in [1.29, 1.82) is 0 Å². The molecular formula is C15H21NO. The van der Waals surface area contributed by atoms with Gasteiger partial charge in [-0.3, -0.25) is 4.90 Å². The highest BCUT2D eigenvalue weighted by Crippen LogP contribution is 2.24. The van der Waals surface area contributed by atoms with Crippen LogP contribution in [-0.4, -0.2) is 31.6 Å². The molecule has 1 unspecified atom stereocenters. The first-order valence-electron chi connectivity index (χ1n) is 6.36. The Bertz CT molecular complexity index is 369. The number of ether oxygens (including phenoxy) is 1. The fraction of sp³-hybridized carbons (Fsp3) is 0.467. The van der Waals surface area contributed by atoms with E-state index in [0.29, 0.717) is 5.92 Å². The minimum Gasteiger partial charge on any atom is -0.497 e. The van der Waals surface area contributed by atoms with Crippen molar-refractivity contribution in [3.63, 3.8) is 0 Å². The van der Waals surface area contributed by atoms with Crippen LogP contribution >= 0.6 is 0 Å². The first-order chi connectivity index (χ1) is 8.33. The van der Waals surface area contributed by atoms with Crippen LogP contribution in [0.2, 0.25) is 0 Å². The van der Waals surface area contributed by atoms with E-state index in [1.165, 1.54) is 18.5 Å². The van der Waals surface area contributed by atoms with Crippen molar-refractivity contribution in [2.75, 3.05) is 26.7 Å². The van der Waals surface area contributed by atoms with Crippen molar-refractivity contribution in [2.45, 2.75) is 19.3 Å². The van der Waals surface area contributed by atoms with Gasteiger partial charge in [0.05, 0.1) is 7.11 Å². The molecule has 0 aromatic heterocycles. The van der Waals surface area contributed by atoms with Gasteiger partial charge in [0.2, 0.25) is 0 Å². The van der Waals surface area contributed by atoms with Crippen LogP contribution in [0.25, 0.3) is 0 Å². The molecule has 1 aliphatic rings. The molecule has 0 aliphatic carbocycles. The highest BCUT2D eigenvalue weighted by atomic mass is 16.5. The molecule has 0 saturated heterocycles. The molecule has 0 bridgehead atoms. The van der Waals surface area contributed by atoms with Crippen LogP contribution in [0.4, 0.5) is 0 Å². The molecule has 0 saturated carbocycles. The van der Waals surface area contributed by atoms with Gasteiger partial charge in [0, 0.05) is 19.0 Å². The van der Waals surface area contributed by atoms with E-state index in [-0.39, 0.29) is 0 Å². The lowest BCUT2D eigenvalue weighted by Gasteiger charge is -2.28. The van der Waals surface area contributed by atoms with Crippen LogP contribution in [0.1, 0.15) is 24.8 Å². The molecule has 0 fully saturated rings. The van der Waals surface area contributed by atoms with E-state index in [1.54, 1.807) is 7.11 Å². The molecule has 0 amide bonds. The maximum atomic E-state index is 5.19. The highest BCUT2D eigenvalue weighted by Gasteiger charge is 2.16. The van der Waals surface area contributed by atoms with E-state index in [9.17, 15) is 0 Å². The van der Waals surface area contributed by atoms with Gasteiger partial charge in [-0.05, 0) is 30.7 Å². The van der Waals surface area contributed by atoms with Crippen LogP contribution < -0.4 is 4.74 Å². The number of methoxy groups -OCH3 is 1. The largest absolute Gasteiger partial charge is 0.497 e. The Hall–Kier alpha value is -1.28. The van der Waals surface area contributed by atoms with E-state index in [2.05, 4.69) is 36.1 Å². The highest BCUT2D eigenvalue weighted by molar-refractivity contribution is 5.32. The smallest absolute Gasteiger partial charge is 0.118 e. The summed E-state index contributed by atoms with van der Waals surface area (Å²) in [6, 6.07) is 8.43. The summed E-state index contributed by atoms with van der Waals surface area (Å²) >= 11 is 0. The number of hydrogen-bond donors (Lipinski definition) is 0. The fourth-order valence-electron chi connectivity index (χ4n) is 2.35. The summed E-state index contributed by atoms with van der Waals surface area (Å²) in [5.41, 5.74) is 1.38. The molecule has 1 aliphatic heterocycles. The SMILES string of the molecule is CCCN1CC=CC(c2ccc(OC)cc2)C1. The lowest BCUT2D eigenvalue weighted by Crippen LogP contribution is -2.32. The zero-order valence-corrected chi connectivity index (χ0v) is 10.7. The Labute approximate surface area is 104 Å². The van der Waals surface area contributed by atoms with Crippen molar-refractivity contribution in [2.24, 2.45) is 0 Å². The van der Waals surface area contributed by atoms with Gasteiger partial charge in [0.1, 0.15) is 5.75 Å². The molecule has 17 heavy (non-hydrogen) atoms. The Morgan fingerprint density at radius 1 is 1.29 bits per heavy atom. The van der Waals surface area contributed by atoms with Crippen LogP contribution in [0.3, 0.4) is 0 Å². The van der Waals surface area contributed by atoms with Gasteiger partial charge in [-0.2, -0.15) is 0 Å². The van der Waals surface area contributed by atoms with Gasteiger partial charge in [0.15, 0.2) is 0 Å². The maximum Gasteiger partial charge on any atom is 0.118 e. The van der Waals surface area contributed by atoms with Gasteiger partial charge >= 0.3 is 0 Å². The Kier molecular flexibility index (Phi) is 4.21.